The van der Waals surface area contributed by atoms with Gasteiger partial charge in [0.05, 0.1) is 18.7 Å². The maximum atomic E-state index is 13.0. The number of nitrogens with one attached hydrogen (secondary N) is 1. The summed E-state index contributed by atoms with van der Waals surface area (Å²) in [7, 11) is 0. The average molecular weight is 279 g/mol. The van der Waals surface area contributed by atoms with Crippen molar-refractivity contribution in [1.82, 2.24) is 5.32 Å². The lowest BCUT2D eigenvalue weighted by atomic mass is 10.1. The van der Waals surface area contributed by atoms with E-state index in [1.54, 1.807) is 6.92 Å². The van der Waals surface area contributed by atoms with Crippen molar-refractivity contribution in [3.05, 3.63) is 35.1 Å². The molecule has 0 unspecified atom stereocenters. The Bertz CT molecular complexity index is 446. The lowest BCUT2D eigenvalue weighted by molar-refractivity contribution is -0.142. The lowest BCUT2D eigenvalue weighted by Crippen LogP contribution is -2.24. The summed E-state index contributed by atoms with van der Waals surface area (Å²) in [4.78, 5) is 11.0. The van der Waals surface area contributed by atoms with Gasteiger partial charge in [0.15, 0.2) is 0 Å². The molecule has 106 valence electrons. The number of benzene rings is 1. The summed E-state index contributed by atoms with van der Waals surface area (Å²) in [6.45, 7) is 1.66. The molecule has 0 radical (unpaired) electrons. The second-order valence-electron chi connectivity index (χ2n) is 3.75. The summed E-state index contributed by atoms with van der Waals surface area (Å²) < 4.78 is 55.0. The fourth-order valence-electron chi connectivity index (χ4n) is 1.44. The minimum absolute atomic E-state index is 0.0559. The molecular formula is C12H13F4NO2. The normalized spacial score (nSPS) is 11.4. The predicted molar refractivity (Wildman–Crippen MR) is 59.7 cm³/mol. The van der Waals surface area contributed by atoms with E-state index in [1.807, 2.05) is 0 Å². The third kappa shape index (κ3) is 5.25. The van der Waals surface area contributed by atoms with Crippen LogP contribution in [0, 0.1) is 5.82 Å². The molecule has 3 nitrogen and oxygen atoms in total. The first kappa shape index (κ1) is 15.4. The monoisotopic (exact) mass is 279 g/mol. The molecule has 1 aromatic rings. The average Bonchev–Trinajstić information content (AvgIpc) is 2.27. The third-order valence-electron chi connectivity index (χ3n) is 2.19. The standard InChI is InChI=1S/C12H13F4NO2/c1-2-19-11(18)7-17-6-8-3-9(12(14,15)16)5-10(13)4-8/h3-5,17H,2,6-7H2,1H3. The number of rotatable bonds is 5. The maximum absolute atomic E-state index is 13.0. The minimum atomic E-state index is -4.60. The summed E-state index contributed by atoms with van der Waals surface area (Å²) in [6.07, 6.45) is -4.60. The van der Waals surface area contributed by atoms with Gasteiger partial charge >= 0.3 is 12.1 Å². The number of hydrogen-bond acceptors (Lipinski definition) is 3. The zero-order valence-corrected chi connectivity index (χ0v) is 10.2. The molecule has 0 spiro atoms. The zero-order valence-electron chi connectivity index (χ0n) is 10.2. The largest absolute Gasteiger partial charge is 0.465 e. The lowest BCUT2D eigenvalue weighted by Gasteiger charge is -2.10. The Hall–Kier alpha value is -1.63. The fraction of sp³-hybridized carbons (Fsp3) is 0.417. The molecule has 0 fully saturated rings. The van der Waals surface area contributed by atoms with Crippen LogP contribution in [0.25, 0.3) is 0 Å². The number of ether oxygens (including phenoxy) is 1. The molecule has 0 heterocycles. The maximum Gasteiger partial charge on any atom is 0.416 e. The van der Waals surface area contributed by atoms with Crippen molar-refractivity contribution in [1.29, 1.82) is 0 Å². The highest BCUT2D eigenvalue weighted by Crippen LogP contribution is 2.30. The first-order valence-corrected chi connectivity index (χ1v) is 5.56. The second-order valence-corrected chi connectivity index (χ2v) is 3.75. The first-order chi connectivity index (χ1) is 8.82. The SMILES string of the molecule is CCOC(=O)CNCc1cc(F)cc(C(F)(F)F)c1. The van der Waals surface area contributed by atoms with Gasteiger partial charge in [-0.15, -0.1) is 0 Å². The molecule has 0 amide bonds. The van der Waals surface area contributed by atoms with E-state index >= 15 is 0 Å². The van der Waals surface area contributed by atoms with Gasteiger partial charge in [0.2, 0.25) is 0 Å². The molecule has 1 rings (SSSR count). The smallest absolute Gasteiger partial charge is 0.416 e. The minimum Gasteiger partial charge on any atom is -0.465 e. The molecule has 0 bridgehead atoms. The highest BCUT2D eigenvalue weighted by Gasteiger charge is 2.31. The van der Waals surface area contributed by atoms with Gasteiger partial charge in [0.25, 0.3) is 0 Å². The molecule has 0 atom stereocenters. The van der Waals surface area contributed by atoms with E-state index in [4.69, 9.17) is 0 Å². The van der Waals surface area contributed by atoms with Crippen LogP contribution in [0.15, 0.2) is 18.2 Å². The Morgan fingerprint density at radius 3 is 2.58 bits per heavy atom. The number of carbonyl (C=O) groups is 1. The summed E-state index contributed by atoms with van der Waals surface area (Å²) >= 11 is 0. The number of alkyl halides is 3. The van der Waals surface area contributed by atoms with E-state index in [0.717, 1.165) is 12.1 Å². The number of halogens is 4. The van der Waals surface area contributed by atoms with E-state index < -0.39 is 23.5 Å². The van der Waals surface area contributed by atoms with Gasteiger partial charge in [0, 0.05) is 6.54 Å². The van der Waals surface area contributed by atoms with Crippen LogP contribution in [0.1, 0.15) is 18.1 Å². The van der Waals surface area contributed by atoms with Crippen molar-refractivity contribution in [2.75, 3.05) is 13.2 Å². The van der Waals surface area contributed by atoms with E-state index in [0.29, 0.717) is 6.07 Å². The Balaban J connectivity index is 2.64. The molecular weight excluding hydrogens is 266 g/mol. The van der Waals surface area contributed by atoms with Gasteiger partial charge in [-0.25, -0.2) is 4.39 Å². The predicted octanol–water partition coefficient (Wildman–Crippen LogP) is 2.50. The van der Waals surface area contributed by atoms with Gasteiger partial charge in [0.1, 0.15) is 5.82 Å². The third-order valence-corrected chi connectivity index (χ3v) is 2.19. The molecule has 0 aliphatic heterocycles. The first-order valence-electron chi connectivity index (χ1n) is 5.56. The van der Waals surface area contributed by atoms with Crippen LogP contribution < -0.4 is 5.32 Å². The van der Waals surface area contributed by atoms with Crippen LogP contribution in [0.4, 0.5) is 17.6 Å². The van der Waals surface area contributed by atoms with Crippen LogP contribution in [-0.4, -0.2) is 19.1 Å². The van der Waals surface area contributed by atoms with Gasteiger partial charge in [-0.3, -0.25) is 4.79 Å². The van der Waals surface area contributed by atoms with Crippen molar-refractivity contribution in [3.8, 4) is 0 Å². The van der Waals surface area contributed by atoms with E-state index in [-0.39, 0.29) is 25.3 Å². The van der Waals surface area contributed by atoms with E-state index in [9.17, 15) is 22.4 Å². The van der Waals surface area contributed by atoms with Crippen LogP contribution >= 0.6 is 0 Å². The number of hydrogen-bond donors (Lipinski definition) is 1. The van der Waals surface area contributed by atoms with Crippen LogP contribution in [0.2, 0.25) is 0 Å². The molecule has 0 aliphatic rings. The van der Waals surface area contributed by atoms with E-state index in [2.05, 4.69) is 10.1 Å². The van der Waals surface area contributed by atoms with Crippen molar-refractivity contribution in [3.63, 3.8) is 0 Å². The van der Waals surface area contributed by atoms with Crippen LogP contribution in [0.3, 0.4) is 0 Å². The quantitative estimate of drug-likeness (QED) is 0.665. The molecule has 7 heteroatoms. The highest BCUT2D eigenvalue weighted by atomic mass is 19.4. The molecule has 1 N–H and O–H groups in total. The summed E-state index contributed by atoms with van der Waals surface area (Å²) in [6, 6.07) is 2.24. The summed E-state index contributed by atoms with van der Waals surface area (Å²) in [5.74, 6) is -1.49. The second kappa shape index (κ2) is 6.51. The zero-order chi connectivity index (χ0) is 14.5. The molecule has 0 aliphatic carbocycles. The molecule has 0 saturated carbocycles. The Labute approximate surface area is 107 Å². The number of carbonyl (C=O) groups excluding carboxylic acids is 1. The fourth-order valence-corrected chi connectivity index (χ4v) is 1.44. The Kier molecular flexibility index (Phi) is 5.29. The van der Waals surface area contributed by atoms with E-state index in [1.165, 1.54) is 0 Å². The summed E-state index contributed by atoms with van der Waals surface area (Å²) in [5, 5.41) is 2.58. The topological polar surface area (TPSA) is 38.3 Å². The number of esters is 1. The molecule has 0 saturated heterocycles. The molecule has 19 heavy (non-hydrogen) atoms. The Morgan fingerprint density at radius 1 is 1.32 bits per heavy atom. The van der Waals surface area contributed by atoms with Crippen molar-refractivity contribution < 1.29 is 27.1 Å². The highest BCUT2D eigenvalue weighted by molar-refractivity contribution is 5.71. The van der Waals surface area contributed by atoms with Crippen molar-refractivity contribution >= 4 is 5.97 Å². The van der Waals surface area contributed by atoms with Crippen molar-refractivity contribution in [2.45, 2.75) is 19.6 Å². The van der Waals surface area contributed by atoms with Crippen LogP contribution in [-0.2, 0) is 22.3 Å². The van der Waals surface area contributed by atoms with Crippen molar-refractivity contribution in [2.24, 2.45) is 0 Å². The van der Waals surface area contributed by atoms with Gasteiger partial charge in [-0.1, -0.05) is 0 Å². The summed E-state index contributed by atoms with van der Waals surface area (Å²) in [5.41, 5.74) is -0.947. The molecule has 1 aromatic carbocycles. The van der Waals surface area contributed by atoms with Gasteiger partial charge in [-0.05, 0) is 30.7 Å². The van der Waals surface area contributed by atoms with Gasteiger partial charge < -0.3 is 10.1 Å². The van der Waals surface area contributed by atoms with Crippen LogP contribution in [0.5, 0.6) is 0 Å². The molecule has 0 aromatic heterocycles. The Morgan fingerprint density at radius 2 is 2.00 bits per heavy atom. The van der Waals surface area contributed by atoms with Gasteiger partial charge in [-0.2, -0.15) is 13.2 Å².